The van der Waals surface area contributed by atoms with Crippen LogP contribution in [0.25, 0.3) is 0 Å². The predicted octanol–water partition coefficient (Wildman–Crippen LogP) is 3.58. The predicted molar refractivity (Wildman–Crippen MR) is 78.9 cm³/mol. The van der Waals surface area contributed by atoms with E-state index in [4.69, 9.17) is 23.2 Å². The van der Waals surface area contributed by atoms with Crippen LogP contribution in [0.1, 0.15) is 9.67 Å². The van der Waals surface area contributed by atoms with Gasteiger partial charge < -0.3 is 9.88 Å². The number of carbonyl (C=O) groups excluding carboxylic acids is 1. The Bertz CT molecular complexity index is 726. The number of carbonyl (C=O) groups is 1. The van der Waals surface area contributed by atoms with Gasteiger partial charge in [0.1, 0.15) is 11.0 Å². The van der Waals surface area contributed by atoms with Crippen LogP contribution in [0.4, 0.5) is 14.5 Å². The Kier molecular flexibility index (Phi) is 4.97. The summed E-state index contributed by atoms with van der Waals surface area (Å²) in [6.45, 7) is -1.12. The first-order chi connectivity index (χ1) is 9.92. The Labute approximate surface area is 131 Å². The highest BCUT2D eigenvalue weighted by atomic mass is 35.5. The lowest BCUT2D eigenvalue weighted by molar-refractivity contribution is 0.103. The number of nitrogens with zero attached hydrogens (tertiary/aromatic N) is 1. The molecule has 0 radical (unpaired) electrons. The maximum absolute atomic E-state index is 13.4. The molecule has 2 heterocycles. The van der Waals surface area contributed by atoms with Crippen LogP contribution in [0.2, 0.25) is 9.36 Å². The first kappa shape index (κ1) is 15.9. The Hall–Kier alpha value is -1.44. The Balaban J connectivity index is 2.27. The molecular weight excluding hydrogens is 345 g/mol. The molecule has 2 aromatic heterocycles. The highest BCUT2D eigenvalue weighted by Gasteiger charge is 2.14. The standard InChI is InChI=1S/C12H8Cl2F2N2O2S/c13-7-4-9(21-10(7)14)11(19)17-6-3-8(16)12(20)18(5-6)2-1-15/h3-5H,1-2H2,(H,17,19). The highest BCUT2D eigenvalue weighted by Crippen LogP contribution is 2.31. The first-order valence-electron chi connectivity index (χ1n) is 5.64. The number of rotatable bonds is 4. The number of amides is 1. The average Bonchev–Trinajstić information content (AvgIpc) is 2.76. The van der Waals surface area contributed by atoms with Gasteiger partial charge in [0.05, 0.1) is 22.1 Å². The van der Waals surface area contributed by atoms with E-state index in [2.05, 4.69) is 5.32 Å². The summed E-state index contributed by atoms with van der Waals surface area (Å²) in [5.74, 6) is -1.64. The van der Waals surface area contributed by atoms with Crippen LogP contribution in [0, 0.1) is 5.82 Å². The molecule has 0 aliphatic heterocycles. The van der Waals surface area contributed by atoms with Gasteiger partial charge in [-0.1, -0.05) is 23.2 Å². The Morgan fingerprint density at radius 2 is 2.10 bits per heavy atom. The lowest BCUT2D eigenvalue weighted by Crippen LogP contribution is -2.24. The molecule has 0 atom stereocenters. The number of hydrogen-bond donors (Lipinski definition) is 1. The van der Waals surface area contributed by atoms with Crippen molar-refractivity contribution >= 4 is 46.1 Å². The first-order valence-corrected chi connectivity index (χ1v) is 7.21. The van der Waals surface area contributed by atoms with Crippen molar-refractivity contribution in [1.29, 1.82) is 0 Å². The number of aromatic nitrogens is 1. The number of hydrogen-bond acceptors (Lipinski definition) is 3. The second kappa shape index (κ2) is 6.55. The molecule has 21 heavy (non-hydrogen) atoms. The molecule has 112 valence electrons. The normalized spacial score (nSPS) is 10.7. The van der Waals surface area contributed by atoms with Gasteiger partial charge in [-0.25, -0.2) is 8.78 Å². The van der Waals surface area contributed by atoms with Crippen molar-refractivity contribution < 1.29 is 13.6 Å². The van der Waals surface area contributed by atoms with Crippen LogP contribution in [-0.2, 0) is 6.54 Å². The fourth-order valence-corrected chi connectivity index (χ4v) is 2.84. The van der Waals surface area contributed by atoms with Crippen LogP contribution in [0.15, 0.2) is 23.1 Å². The molecule has 0 aromatic carbocycles. The zero-order chi connectivity index (χ0) is 15.6. The minimum atomic E-state index is -1.08. The molecule has 9 heteroatoms. The van der Waals surface area contributed by atoms with Crippen LogP contribution in [0.3, 0.4) is 0 Å². The molecule has 1 amide bonds. The third-order valence-corrected chi connectivity index (χ3v) is 4.36. The van der Waals surface area contributed by atoms with E-state index in [0.717, 1.165) is 22.0 Å². The topological polar surface area (TPSA) is 51.1 Å². The molecule has 1 N–H and O–H groups in total. The van der Waals surface area contributed by atoms with Crippen molar-refractivity contribution in [3.63, 3.8) is 0 Å². The van der Waals surface area contributed by atoms with Crippen molar-refractivity contribution in [1.82, 2.24) is 4.57 Å². The highest BCUT2D eigenvalue weighted by molar-refractivity contribution is 7.18. The van der Waals surface area contributed by atoms with Crippen LogP contribution >= 0.6 is 34.5 Å². The molecule has 0 saturated heterocycles. The molecule has 0 aliphatic carbocycles. The summed E-state index contributed by atoms with van der Waals surface area (Å²) in [7, 11) is 0. The van der Waals surface area contributed by atoms with Gasteiger partial charge in [-0.05, 0) is 6.07 Å². The molecule has 4 nitrogen and oxygen atoms in total. The molecule has 0 unspecified atom stereocenters. The van der Waals surface area contributed by atoms with Gasteiger partial charge in [0.2, 0.25) is 0 Å². The van der Waals surface area contributed by atoms with Crippen LogP contribution in [-0.4, -0.2) is 17.1 Å². The van der Waals surface area contributed by atoms with E-state index >= 15 is 0 Å². The van der Waals surface area contributed by atoms with E-state index in [1.165, 1.54) is 12.3 Å². The summed E-state index contributed by atoms with van der Waals surface area (Å²) < 4.78 is 26.8. The lowest BCUT2D eigenvalue weighted by atomic mass is 10.3. The van der Waals surface area contributed by atoms with Crippen molar-refractivity contribution in [2.45, 2.75) is 6.54 Å². The quantitative estimate of drug-likeness (QED) is 0.914. The third-order valence-electron chi connectivity index (χ3n) is 2.49. The van der Waals surface area contributed by atoms with Gasteiger partial charge in [0.25, 0.3) is 11.5 Å². The number of alkyl halides is 1. The van der Waals surface area contributed by atoms with E-state index in [1.54, 1.807) is 0 Å². The van der Waals surface area contributed by atoms with Gasteiger partial charge in [-0.2, -0.15) is 0 Å². The summed E-state index contributed by atoms with van der Waals surface area (Å²) >= 11 is 12.5. The minimum absolute atomic E-state index is 0.0335. The number of halogens is 4. The van der Waals surface area contributed by atoms with E-state index < -0.39 is 24.0 Å². The number of thiophene rings is 1. The summed E-state index contributed by atoms with van der Waals surface area (Å²) in [6, 6.07) is 2.24. The summed E-state index contributed by atoms with van der Waals surface area (Å²) in [5, 5.41) is 2.63. The molecule has 2 rings (SSSR count). The Morgan fingerprint density at radius 3 is 2.67 bits per heavy atom. The number of nitrogens with one attached hydrogen (secondary N) is 1. The molecule has 0 aliphatic rings. The van der Waals surface area contributed by atoms with Gasteiger partial charge in [0.15, 0.2) is 5.82 Å². The van der Waals surface area contributed by atoms with E-state index in [-0.39, 0.29) is 26.5 Å². The fourth-order valence-electron chi connectivity index (χ4n) is 1.58. The number of pyridine rings is 1. The molecule has 2 aromatic rings. The second-order valence-corrected chi connectivity index (χ2v) is 6.01. The van der Waals surface area contributed by atoms with Crippen molar-refractivity contribution in [3.8, 4) is 0 Å². The maximum Gasteiger partial charge on any atom is 0.286 e. The van der Waals surface area contributed by atoms with Crippen molar-refractivity contribution in [3.05, 3.63) is 48.7 Å². The third kappa shape index (κ3) is 3.61. The zero-order valence-electron chi connectivity index (χ0n) is 10.3. The van der Waals surface area contributed by atoms with Crippen LogP contribution in [0.5, 0.6) is 0 Å². The summed E-state index contributed by atoms with van der Waals surface area (Å²) in [6.07, 6.45) is 1.17. The van der Waals surface area contributed by atoms with Gasteiger partial charge in [-0.15, -0.1) is 11.3 Å². The zero-order valence-corrected chi connectivity index (χ0v) is 12.7. The largest absolute Gasteiger partial charge is 0.320 e. The molecule has 0 saturated carbocycles. The Morgan fingerprint density at radius 1 is 1.38 bits per heavy atom. The van der Waals surface area contributed by atoms with E-state index in [1.807, 2.05) is 0 Å². The second-order valence-electron chi connectivity index (χ2n) is 3.95. The van der Waals surface area contributed by atoms with Crippen LogP contribution < -0.4 is 10.9 Å². The minimum Gasteiger partial charge on any atom is -0.320 e. The monoisotopic (exact) mass is 352 g/mol. The smallest absolute Gasteiger partial charge is 0.286 e. The summed E-state index contributed by atoms with van der Waals surface area (Å²) in [4.78, 5) is 23.6. The van der Waals surface area contributed by atoms with E-state index in [0.29, 0.717) is 0 Å². The molecule has 0 fully saturated rings. The molecule has 0 spiro atoms. The van der Waals surface area contributed by atoms with Gasteiger partial charge in [0, 0.05) is 12.3 Å². The average molecular weight is 353 g/mol. The molecule has 0 bridgehead atoms. The van der Waals surface area contributed by atoms with Crippen molar-refractivity contribution in [2.24, 2.45) is 0 Å². The van der Waals surface area contributed by atoms with Gasteiger partial charge >= 0.3 is 0 Å². The summed E-state index contributed by atoms with van der Waals surface area (Å²) in [5.41, 5.74) is -0.918. The fraction of sp³-hybridized carbons (Fsp3) is 0.167. The van der Waals surface area contributed by atoms with E-state index in [9.17, 15) is 18.4 Å². The molecular formula is C12H8Cl2F2N2O2S. The van der Waals surface area contributed by atoms with Gasteiger partial charge in [-0.3, -0.25) is 9.59 Å². The SMILES string of the molecule is O=C(Nc1cc(F)c(=O)n(CCF)c1)c1cc(Cl)c(Cl)s1. The number of aryl methyl sites for hydroxylation is 1. The lowest BCUT2D eigenvalue weighted by Gasteiger charge is -2.08. The number of anilines is 1. The van der Waals surface area contributed by atoms with Crippen molar-refractivity contribution in [2.75, 3.05) is 12.0 Å². The maximum atomic E-state index is 13.4.